The first kappa shape index (κ1) is 19.4. The van der Waals surface area contributed by atoms with Crippen molar-refractivity contribution < 1.29 is 9.59 Å². The van der Waals surface area contributed by atoms with E-state index >= 15 is 0 Å². The summed E-state index contributed by atoms with van der Waals surface area (Å²) in [5, 5.41) is 11.8. The maximum atomic E-state index is 13.2. The third-order valence-electron chi connectivity index (χ3n) is 4.91. The molecule has 1 amide bonds. The second-order valence-electron chi connectivity index (χ2n) is 7.21. The van der Waals surface area contributed by atoms with Gasteiger partial charge in [-0.1, -0.05) is 54.2 Å². The van der Waals surface area contributed by atoms with Crippen LogP contribution < -0.4 is 5.32 Å². The van der Waals surface area contributed by atoms with Gasteiger partial charge in [0.15, 0.2) is 10.9 Å². The number of nitrogens with one attached hydrogen (secondary N) is 1. The maximum Gasteiger partial charge on any atom is 0.242 e. The number of nitrogens with zero attached hydrogens (tertiary/aromatic N) is 3. The number of hydrogen-bond donors (Lipinski definition) is 1. The highest BCUT2D eigenvalue weighted by atomic mass is 32.2. The first-order chi connectivity index (χ1) is 14.0. The van der Waals surface area contributed by atoms with Gasteiger partial charge in [-0.05, 0) is 37.5 Å². The summed E-state index contributed by atoms with van der Waals surface area (Å²) in [6.07, 6.45) is 2.29. The first-order valence-electron chi connectivity index (χ1n) is 9.55. The summed E-state index contributed by atoms with van der Waals surface area (Å²) in [6.45, 7) is 1.51. The van der Waals surface area contributed by atoms with E-state index in [1.165, 1.54) is 18.7 Å². The SMILES string of the molecule is CC(=O)c1cccc(NC(=O)[C@H](Sc2nnc(C3CC3)n2C)c2ccccc2)c1. The van der Waals surface area contributed by atoms with Crippen molar-refractivity contribution in [1.82, 2.24) is 14.8 Å². The van der Waals surface area contributed by atoms with Crippen LogP contribution >= 0.6 is 11.8 Å². The van der Waals surface area contributed by atoms with Crippen LogP contribution in [0.4, 0.5) is 5.69 Å². The fourth-order valence-electron chi connectivity index (χ4n) is 3.16. The maximum absolute atomic E-state index is 13.2. The van der Waals surface area contributed by atoms with Crippen LogP contribution in [0.25, 0.3) is 0 Å². The Bertz CT molecular complexity index is 1040. The summed E-state index contributed by atoms with van der Waals surface area (Å²) >= 11 is 1.38. The van der Waals surface area contributed by atoms with Gasteiger partial charge in [0.1, 0.15) is 11.1 Å². The van der Waals surface area contributed by atoms with Crippen LogP contribution in [0.1, 0.15) is 52.7 Å². The molecule has 0 radical (unpaired) electrons. The first-order valence-corrected chi connectivity index (χ1v) is 10.4. The number of aromatic nitrogens is 3. The van der Waals surface area contributed by atoms with Crippen molar-refractivity contribution in [3.05, 3.63) is 71.5 Å². The fraction of sp³-hybridized carbons (Fsp3) is 0.273. The molecule has 1 aliphatic carbocycles. The van der Waals surface area contributed by atoms with Gasteiger partial charge < -0.3 is 9.88 Å². The molecule has 7 heteroatoms. The lowest BCUT2D eigenvalue weighted by atomic mass is 10.1. The summed E-state index contributed by atoms with van der Waals surface area (Å²) in [4.78, 5) is 24.8. The quantitative estimate of drug-likeness (QED) is 0.466. The van der Waals surface area contributed by atoms with E-state index in [-0.39, 0.29) is 11.7 Å². The number of amides is 1. The van der Waals surface area contributed by atoms with Gasteiger partial charge in [-0.2, -0.15) is 0 Å². The Morgan fingerprint density at radius 3 is 2.55 bits per heavy atom. The summed E-state index contributed by atoms with van der Waals surface area (Å²) in [6, 6.07) is 16.6. The van der Waals surface area contributed by atoms with E-state index in [0.717, 1.165) is 24.2 Å². The lowest BCUT2D eigenvalue weighted by Gasteiger charge is -2.17. The highest BCUT2D eigenvalue weighted by Gasteiger charge is 2.31. The molecule has 4 rings (SSSR count). The smallest absolute Gasteiger partial charge is 0.242 e. The zero-order valence-corrected chi connectivity index (χ0v) is 17.1. The minimum Gasteiger partial charge on any atom is -0.325 e. The lowest BCUT2D eigenvalue weighted by molar-refractivity contribution is -0.115. The largest absolute Gasteiger partial charge is 0.325 e. The van der Waals surface area contributed by atoms with Crippen molar-refractivity contribution in [2.75, 3.05) is 5.32 Å². The number of ketones is 1. The summed E-state index contributed by atoms with van der Waals surface area (Å²) in [5.74, 6) is 1.26. The number of Topliss-reactive ketones (excluding diaryl/α,β-unsaturated/α-hetero) is 1. The molecule has 1 aromatic heterocycles. The molecule has 3 aromatic rings. The zero-order chi connectivity index (χ0) is 20.4. The Hall–Kier alpha value is -2.93. The van der Waals surface area contributed by atoms with E-state index in [4.69, 9.17) is 0 Å². The van der Waals surface area contributed by atoms with E-state index in [1.54, 1.807) is 24.3 Å². The molecule has 0 spiro atoms. The van der Waals surface area contributed by atoms with Crippen molar-refractivity contribution >= 4 is 29.1 Å². The topological polar surface area (TPSA) is 76.9 Å². The van der Waals surface area contributed by atoms with Gasteiger partial charge in [-0.25, -0.2) is 0 Å². The van der Waals surface area contributed by atoms with Crippen LogP contribution in [0.2, 0.25) is 0 Å². The second-order valence-corrected chi connectivity index (χ2v) is 8.28. The number of carbonyl (C=O) groups excluding carboxylic acids is 2. The van der Waals surface area contributed by atoms with Gasteiger partial charge in [0.05, 0.1) is 0 Å². The van der Waals surface area contributed by atoms with E-state index in [0.29, 0.717) is 22.3 Å². The molecule has 0 bridgehead atoms. The fourth-order valence-corrected chi connectivity index (χ4v) is 4.17. The molecule has 0 unspecified atom stereocenters. The van der Waals surface area contributed by atoms with Gasteiger partial charge in [0, 0.05) is 24.2 Å². The van der Waals surface area contributed by atoms with Crippen molar-refractivity contribution in [2.24, 2.45) is 7.05 Å². The predicted molar refractivity (Wildman–Crippen MR) is 113 cm³/mol. The molecule has 1 heterocycles. The lowest BCUT2D eigenvalue weighted by Crippen LogP contribution is -2.19. The van der Waals surface area contributed by atoms with Gasteiger partial charge in [-0.15, -0.1) is 10.2 Å². The molecule has 148 valence electrons. The van der Waals surface area contributed by atoms with Gasteiger partial charge in [-0.3, -0.25) is 9.59 Å². The zero-order valence-electron chi connectivity index (χ0n) is 16.3. The van der Waals surface area contributed by atoms with Crippen LogP contribution in [0.5, 0.6) is 0 Å². The Labute approximate surface area is 173 Å². The summed E-state index contributed by atoms with van der Waals surface area (Å²) in [7, 11) is 1.95. The normalized spacial score (nSPS) is 14.4. The molecule has 1 N–H and O–H groups in total. The number of hydrogen-bond acceptors (Lipinski definition) is 5. The third kappa shape index (κ3) is 4.40. The third-order valence-corrected chi connectivity index (χ3v) is 6.20. The van der Waals surface area contributed by atoms with Crippen molar-refractivity contribution in [1.29, 1.82) is 0 Å². The summed E-state index contributed by atoms with van der Waals surface area (Å²) in [5.41, 5.74) is 2.05. The highest BCUT2D eigenvalue weighted by molar-refractivity contribution is 8.00. The monoisotopic (exact) mass is 406 g/mol. The molecule has 2 aromatic carbocycles. The molecule has 1 saturated carbocycles. The standard InChI is InChI=1S/C22H22N4O2S/c1-14(27)17-9-6-10-18(13-17)23-21(28)19(15-7-4-3-5-8-15)29-22-25-24-20(26(22)2)16-11-12-16/h3-10,13,16,19H,11-12H2,1-2H3,(H,23,28)/t19-/m1/s1. The van der Waals surface area contributed by atoms with Crippen LogP contribution in [-0.2, 0) is 11.8 Å². The van der Waals surface area contributed by atoms with Crippen LogP contribution in [0.3, 0.4) is 0 Å². The van der Waals surface area contributed by atoms with Crippen molar-refractivity contribution in [2.45, 2.75) is 36.1 Å². The second kappa shape index (κ2) is 8.21. The molecule has 1 atom stereocenters. The van der Waals surface area contributed by atoms with Crippen LogP contribution in [0, 0.1) is 0 Å². The molecule has 6 nitrogen and oxygen atoms in total. The minimum atomic E-state index is -0.493. The molecule has 0 saturated heterocycles. The van der Waals surface area contributed by atoms with E-state index < -0.39 is 5.25 Å². The minimum absolute atomic E-state index is 0.0400. The average molecular weight is 407 g/mol. The Morgan fingerprint density at radius 1 is 1.10 bits per heavy atom. The van der Waals surface area contributed by atoms with Crippen LogP contribution in [-0.4, -0.2) is 26.5 Å². The Balaban J connectivity index is 1.60. The van der Waals surface area contributed by atoms with Gasteiger partial charge in [0.25, 0.3) is 0 Å². The average Bonchev–Trinajstić information content (AvgIpc) is 3.50. The number of thioether (sulfide) groups is 1. The van der Waals surface area contributed by atoms with Gasteiger partial charge in [0.2, 0.25) is 5.91 Å². The molecule has 0 aliphatic heterocycles. The number of benzene rings is 2. The molecular formula is C22H22N4O2S. The Kier molecular flexibility index (Phi) is 5.49. The number of rotatable bonds is 7. The Morgan fingerprint density at radius 2 is 1.86 bits per heavy atom. The number of carbonyl (C=O) groups is 2. The predicted octanol–water partition coefficient (Wildman–Crippen LogP) is 4.37. The molecule has 1 fully saturated rings. The number of anilines is 1. The van der Waals surface area contributed by atoms with Crippen molar-refractivity contribution in [3.8, 4) is 0 Å². The molecule has 29 heavy (non-hydrogen) atoms. The van der Waals surface area contributed by atoms with E-state index in [1.807, 2.05) is 41.9 Å². The highest BCUT2D eigenvalue weighted by Crippen LogP contribution is 2.41. The van der Waals surface area contributed by atoms with Gasteiger partial charge >= 0.3 is 0 Å². The molecule has 1 aliphatic rings. The summed E-state index contributed by atoms with van der Waals surface area (Å²) < 4.78 is 1.99. The van der Waals surface area contributed by atoms with E-state index in [9.17, 15) is 9.59 Å². The van der Waals surface area contributed by atoms with E-state index in [2.05, 4.69) is 15.5 Å². The van der Waals surface area contributed by atoms with Crippen LogP contribution in [0.15, 0.2) is 59.8 Å². The van der Waals surface area contributed by atoms with Crippen molar-refractivity contribution in [3.63, 3.8) is 0 Å². The molecular weight excluding hydrogens is 384 g/mol.